The standard InChI is InChI=1S/C15H18N2O3/c1-17(10-11-4-2-5-11)15(20)14-12(6-3-9-16-14)7-8-13(18)19/h3,6-9,11H,2,4-5,10H2,1H3,(H,18,19)/b8-7+. The Hall–Kier alpha value is -2.17. The van der Waals surface area contributed by atoms with Crippen molar-refractivity contribution in [1.82, 2.24) is 9.88 Å². The van der Waals surface area contributed by atoms with Crippen LogP contribution in [0.3, 0.4) is 0 Å². The molecule has 1 aromatic heterocycles. The summed E-state index contributed by atoms with van der Waals surface area (Å²) in [7, 11) is 1.76. The summed E-state index contributed by atoms with van der Waals surface area (Å²) in [4.78, 5) is 28.7. The summed E-state index contributed by atoms with van der Waals surface area (Å²) < 4.78 is 0. The van der Waals surface area contributed by atoms with Gasteiger partial charge in [0, 0.05) is 31.4 Å². The van der Waals surface area contributed by atoms with Gasteiger partial charge in [0.1, 0.15) is 5.69 Å². The maximum Gasteiger partial charge on any atom is 0.328 e. The van der Waals surface area contributed by atoms with Gasteiger partial charge in [-0.05, 0) is 30.9 Å². The molecule has 1 heterocycles. The molecule has 0 atom stereocenters. The minimum Gasteiger partial charge on any atom is -0.478 e. The second kappa shape index (κ2) is 6.32. The van der Waals surface area contributed by atoms with Gasteiger partial charge in [-0.3, -0.25) is 9.78 Å². The number of hydrogen-bond acceptors (Lipinski definition) is 3. The first-order valence-corrected chi connectivity index (χ1v) is 6.69. The number of aliphatic carboxylic acids is 1. The highest BCUT2D eigenvalue weighted by Crippen LogP contribution is 2.27. The van der Waals surface area contributed by atoms with Crippen molar-refractivity contribution in [2.75, 3.05) is 13.6 Å². The highest BCUT2D eigenvalue weighted by atomic mass is 16.4. The van der Waals surface area contributed by atoms with Crippen molar-refractivity contribution in [2.45, 2.75) is 19.3 Å². The molecule has 5 nitrogen and oxygen atoms in total. The van der Waals surface area contributed by atoms with Gasteiger partial charge in [-0.1, -0.05) is 12.5 Å². The molecule has 0 saturated heterocycles. The largest absolute Gasteiger partial charge is 0.478 e. The fourth-order valence-corrected chi connectivity index (χ4v) is 2.22. The predicted octanol–water partition coefficient (Wildman–Crippen LogP) is 2.05. The van der Waals surface area contributed by atoms with E-state index in [1.807, 2.05) is 0 Å². The van der Waals surface area contributed by atoms with Gasteiger partial charge in [0.2, 0.25) is 0 Å². The number of carbonyl (C=O) groups excluding carboxylic acids is 1. The smallest absolute Gasteiger partial charge is 0.328 e. The van der Waals surface area contributed by atoms with Crippen LogP contribution in [0.4, 0.5) is 0 Å². The number of carboxylic acids is 1. The van der Waals surface area contributed by atoms with Gasteiger partial charge >= 0.3 is 5.97 Å². The van der Waals surface area contributed by atoms with E-state index >= 15 is 0 Å². The number of amides is 1. The molecular weight excluding hydrogens is 256 g/mol. The third kappa shape index (κ3) is 3.44. The first-order chi connectivity index (χ1) is 9.58. The van der Waals surface area contributed by atoms with Gasteiger partial charge in [0.25, 0.3) is 5.91 Å². The van der Waals surface area contributed by atoms with Crippen molar-refractivity contribution in [3.8, 4) is 0 Å². The lowest BCUT2D eigenvalue weighted by molar-refractivity contribution is -0.131. The fourth-order valence-electron chi connectivity index (χ4n) is 2.22. The lowest BCUT2D eigenvalue weighted by Gasteiger charge is -2.30. The number of carbonyl (C=O) groups is 2. The maximum absolute atomic E-state index is 12.4. The minimum atomic E-state index is -1.05. The summed E-state index contributed by atoms with van der Waals surface area (Å²) in [6.07, 6.45) is 7.54. The molecule has 20 heavy (non-hydrogen) atoms. The third-order valence-corrected chi connectivity index (χ3v) is 3.55. The predicted molar refractivity (Wildman–Crippen MR) is 75.2 cm³/mol. The SMILES string of the molecule is CN(CC1CCC1)C(=O)c1ncccc1/C=C/C(=O)O. The topological polar surface area (TPSA) is 70.5 Å². The van der Waals surface area contributed by atoms with E-state index in [9.17, 15) is 9.59 Å². The maximum atomic E-state index is 12.4. The first-order valence-electron chi connectivity index (χ1n) is 6.69. The molecule has 1 aromatic rings. The summed E-state index contributed by atoms with van der Waals surface area (Å²) >= 11 is 0. The molecule has 1 amide bonds. The number of nitrogens with zero attached hydrogens (tertiary/aromatic N) is 2. The molecule has 1 fully saturated rings. The van der Waals surface area contributed by atoms with Crippen LogP contribution in [-0.2, 0) is 4.79 Å². The summed E-state index contributed by atoms with van der Waals surface area (Å²) in [5.74, 6) is -0.622. The van der Waals surface area contributed by atoms with Crippen molar-refractivity contribution in [1.29, 1.82) is 0 Å². The van der Waals surface area contributed by atoms with Crippen LogP contribution < -0.4 is 0 Å². The van der Waals surface area contributed by atoms with E-state index in [0.717, 1.165) is 12.6 Å². The molecule has 0 unspecified atom stereocenters. The van der Waals surface area contributed by atoms with E-state index in [0.29, 0.717) is 17.2 Å². The van der Waals surface area contributed by atoms with Gasteiger partial charge in [0.15, 0.2) is 0 Å². The average Bonchev–Trinajstić information content (AvgIpc) is 2.39. The zero-order valence-corrected chi connectivity index (χ0v) is 11.5. The molecule has 1 saturated carbocycles. The van der Waals surface area contributed by atoms with E-state index in [1.54, 1.807) is 30.3 Å². The lowest BCUT2D eigenvalue weighted by Crippen LogP contribution is -2.35. The van der Waals surface area contributed by atoms with Crippen LogP contribution in [0.15, 0.2) is 24.4 Å². The van der Waals surface area contributed by atoms with Crippen LogP contribution in [0, 0.1) is 5.92 Å². The third-order valence-electron chi connectivity index (χ3n) is 3.55. The molecule has 1 aliphatic carbocycles. The molecule has 5 heteroatoms. The Kier molecular flexibility index (Phi) is 4.50. The number of aromatic nitrogens is 1. The molecule has 0 aliphatic heterocycles. The van der Waals surface area contributed by atoms with Gasteiger partial charge in [-0.25, -0.2) is 4.79 Å². The minimum absolute atomic E-state index is 0.164. The molecule has 0 spiro atoms. The average molecular weight is 274 g/mol. The van der Waals surface area contributed by atoms with Gasteiger partial charge in [-0.15, -0.1) is 0 Å². The zero-order chi connectivity index (χ0) is 14.5. The number of rotatable bonds is 5. The van der Waals surface area contributed by atoms with Crippen LogP contribution in [-0.4, -0.2) is 40.5 Å². The Morgan fingerprint density at radius 3 is 2.85 bits per heavy atom. The fraction of sp³-hybridized carbons (Fsp3) is 0.400. The van der Waals surface area contributed by atoms with Crippen molar-refractivity contribution in [3.63, 3.8) is 0 Å². The number of carboxylic acid groups (broad SMARTS) is 1. The summed E-state index contributed by atoms with van der Waals surface area (Å²) in [6.45, 7) is 0.734. The molecule has 106 valence electrons. The zero-order valence-electron chi connectivity index (χ0n) is 11.5. The second-order valence-electron chi connectivity index (χ2n) is 5.10. The quantitative estimate of drug-likeness (QED) is 0.834. The Morgan fingerprint density at radius 1 is 1.50 bits per heavy atom. The van der Waals surface area contributed by atoms with Crippen molar-refractivity contribution in [2.24, 2.45) is 5.92 Å². The molecule has 0 aromatic carbocycles. The Morgan fingerprint density at radius 2 is 2.25 bits per heavy atom. The Bertz CT molecular complexity index is 536. The molecule has 0 radical (unpaired) electrons. The normalized spacial score (nSPS) is 15.1. The molecule has 0 bridgehead atoms. The van der Waals surface area contributed by atoms with Gasteiger partial charge in [0.05, 0.1) is 0 Å². The van der Waals surface area contributed by atoms with Gasteiger partial charge < -0.3 is 10.0 Å². The van der Waals surface area contributed by atoms with E-state index in [2.05, 4.69) is 4.98 Å². The van der Waals surface area contributed by atoms with Crippen molar-refractivity contribution in [3.05, 3.63) is 35.7 Å². The molecular formula is C15H18N2O3. The molecule has 2 rings (SSSR count). The van der Waals surface area contributed by atoms with Crippen LogP contribution in [0.1, 0.15) is 35.3 Å². The lowest BCUT2D eigenvalue weighted by atomic mass is 9.85. The summed E-state index contributed by atoms with van der Waals surface area (Å²) in [5.41, 5.74) is 0.826. The van der Waals surface area contributed by atoms with Crippen molar-refractivity contribution >= 4 is 18.0 Å². The molecule has 1 aliphatic rings. The molecule has 1 N–H and O–H groups in total. The first kappa shape index (κ1) is 14.2. The highest BCUT2D eigenvalue weighted by molar-refractivity contribution is 5.97. The summed E-state index contributed by atoms with van der Waals surface area (Å²) in [5, 5.41) is 8.67. The Labute approximate surface area is 117 Å². The van der Waals surface area contributed by atoms with Crippen LogP contribution >= 0.6 is 0 Å². The van der Waals surface area contributed by atoms with E-state index < -0.39 is 5.97 Å². The van der Waals surface area contributed by atoms with E-state index in [4.69, 9.17) is 5.11 Å². The monoisotopic (exact) mass is 274 g/mol. The van der Waals surface area contributed by atoms with Crippen LogP contribution in [0.25, 0.3) is 6.08 Å². The van der Waals surface area contributed by atoms with Gasteiger partial charge in [-0.2, -0.15) is 0 Å². The number of hydrogen-bond donors (Lipinski definition) is 1. The second-order valence-corrected chi connectivity index (χ2v) is 5.10. The van der Waals surface area contributed by atoms with Crippen LogP contribution in [0.2, 0.25) is 0 Å². The Balaban J connectivity index is 2.13. The summed E-state index contributed by atoms with van der Waals surface area (Å²) in [6, 6.07) is 3.38. The van der Waals surface area contributed by atoms with E-state index in [1.165, 1.54) is 25.3 Å². The van der Waals surface area contributed by atoms with Crippen LogP contribution in [0.5, 0.6) is 0 Å². The van der Waals surface area contributed by atoms with Crippen molar-refractivity contribution < 1.29 is 14.7 Å². The van der Waals surface area contributed by atoms with E-state index in [-0.39, 0.29) is 5.91 Å². The highest BCUT2D eigenvalue weighted by Gasteiger charge is 2.23. The number of pyridine rings is 1.